The molecule has 0 radical (unpaired) electrons. The van der Waals surface area contributed by atoms with Gasteiger partial charge in [0.2, 0.25) is 15.9 Å². The number of nitrogens with one attached hydrogen (secondary N) is 2. The third kappa shape index (κ3) is 5.68. The molecule has 4 N–H and O–H groups in total. The normalized spacial score (nSPS) is 16.3. The van der Waals surface area contributed by atoms with Crippen LogP contribution in [0, 0.1) is 0 Å². The third-order valence-corrected chi connectivity index (χ3v) is 5.74. The summed E-state index contributed by atoms with van der Waals surface area (Å²) in [5, 5.41) is 10.3. The Morgan fingerprint density at radius 2 is 1.85 bits per heavy atom. The van der Waals surface area contributed by atoms with E-state index in [4.69, 9.17) is 5.14 Å². The number of nitrogens with zero attached hydrogens (tertiary/aromatic N) is 1. The number of anilines is 1. The number of carbonyl (C=O) groups excluding carboxylic acids is 3. The second kappa shape index (κ2) is 8.28. The molecule has 1 aromatic rings. The summed E-state index contributed by atoms with van der Waals surface area (Å²) in [6.45, 7) is 3.59. The number of carbonyl (C=O) groups is 3. The first-order valence-corrected chi connectivity index (χ1v) is 10.9. The SMILES string of the molecule is CC1(C)NC(=O)N(CCSCCC(=O)Nc2ccc(S(N)(=O)=O)cc2)C1=O. The van der Waals surface area contributed by atoms with Crippen LogP contribution < -0.4 is 15.8 Å². The Kier molecular flexibility index (Phi) is 6.50. The molecule has 1 aliphatic rings. The van der Waals surface area contributed by atoms with E-state index in [-0.39, 0.29) is 29.7 Å². The van der Waals surface area contributed by atoms with Crippen molar-refractivity contribution in [2.24, 2.45) is 5.14 Å². The van der Waals surface area contributed by atoms with Crippen molar-refractivity contribution < 1.29 is 22.8 Å². The van der Waals surface area contributed by atoms with Gasteiger partial charge >= 0.3 is 6.03 Å². The monoisotopic (exact) mass is 414 g/mol. The van der Waals surface area contributed by atoms with Gasteiger partial charge in [0.05, 0.1) is 4.90 Å². The third-order valence-electron chi connectivity index (χ3n) is 3.84. The topological polar surface area (TPSA) is 139 Å². The molecule has 4 amide bonds. The van der Waals surface area contributed by atoms with Gasteiger partial charge < -0.3 is 10.6 Å². The predicted molar refractivity (Wildman–Crippen MR) is 103 cm³/mol. The number of rotatable bonds is 8. The van der Waals surface area contributed by atoms with Crippen LogP contribution in [0.2, 0.25) is 0 Å². The molecule has 0 saturated carbocycles. The van der Waals surface area contributed by atoms with Gasteiger partial charge in [-0.1, -0.05) is 0 Å². The average Bonchev–Trinajstić information content (AvgIpc) is 2.75. The van der Waals surface area contributed by atoms with E-state index in [1.807, 2.05) is 0 Å². The number of sulfonamides is 1. The highest BCUT2D eigenvalue weighted by molar-refractivity contribution is 7.99. The highest BCUT2D eigenvalue weighted by Crippen LogP contribution is 2.17. The van der Waals surface area contributed by atoms with Crippen LogP contribution in [0.5, 0.6) is 0 Å². The molecule has 1 fully saturated rings. The van der Waals surface area contributed by atoms with Crippen LogP contribution >= 0.6 is 11.8 Å². The smallest absolute Gasteiger partial charge is 0.325 e. The van der Waals surface area contributed by atoms with Crippen LogP contribution in [-0.4, -0.2) is 54.8 Å². The zero-order valence-corrected chi connectivity index (χ0v) is 16.7. The molecule has 0 atom stereocenters. The predicted octanol–water partition coefficient (Wildman–Crippen LogP) is 0.726. The zero-order chi connectivity index (χ0) is 20.2. The number of imide groups is 1. The van der Waals surface area contributed by atoms with Crippen LogP contribution in [0.15, 0.2) is 29.2 Å². The molecule has 11 heteroatoms. The van der Waals surface area contributed by atoms with E-state index >= 15 is 0 Å². The van der Waals surface area contributed by atoms with Gasteiger partial charge in [-0.25, -0.2) is 18.4 Å². The van der Waals surface area contributed by atoms with Crippen molar-refractivity contribution in [2.45, 2.75) is 30.7 Å². The van der Waals surface area contributed by atoms with Gasteiger partial charge in [0.15, 0.2) is 0 Å². The first-order chi connectivity index (χ1) is 12.5. The zero-order valence-electron chi connectivity index (χ0n) is 15.0. The maximum absolute atomic E-state index is 12.0. The van der Waals surface area contributed by atoms with Gasteiger partial charge in [0.1, 0.15) is 5.54 Å². The Labute approximate surface area is 162 Å². The lowest BCUT2D eigenvalue weighted by Crippen LogP contribution is -2.40. The molecule has 1 heterocycles. The van der Waals surface area contributed by atoms with Crippen molar-refractivity contribution in [1.29, 1.82) is 0 Å². The van der Waals surface area contributed by atoms with E-state index in [1.165, 1.54) is 40.9 Å². The second-order valence-corrected chi connectivity index (χ2v) is 9.28. The maximum atomic E-state index is 12.0. The van der Waals surface area contributed by atoms with Crippen molar-refractivity contribution in [3.63, 3.8) is 0 Å². The second-order valence-electron chi connectivity index (χ2n) is 6.49. The van der Waals surface area contributed by atoms with Crippen molar-refractivity contribution in [3.8, 4) is 0 Å². The summed E-state index contributed by atoms with van der Waals surface area (Å²) in [5.74, 6) is 0.579. The van der Waals surface area contributed by atoms with Gasteiger partial charge in [0.25, 0.3) is 5.91 Å². The Bertz CT molecular complexity index is 837. The summed E-state index contributed by atoms with van der Waals surface area (Å²) in [5.41, 5.74) is -0.403. The molecule has 27 heavy (non-hydrogen) atoms. The Morgan fingerprint density at radius 1 is 1.22 bits per heavy atom. The lowest BCUT2D eigenvalue weighted by Gasteiger charge is -2.15. The number of primary sulfonamides is 1. The average molecular weight is 415 g/mol. The Hall–Kier alpha value is -2.11. The standard InChI is InChI=1S/C16H22N4O5S2/c1-16(2)14(22)20(15(23)19-16)8-10-26-9-7-13(21)18-11-3-5-12(6-4-11)27(17,24)25/h3-6H,7-10H2,1-2H3,(H,18,21)(H,19,23)(H2,17,24,25). The molecule has 0 aliphatic carbocycles. The van der Waals surface area contributed by atoms with Gasteiger partial charge in [-0.2, -0.15) is 11.8 Å². The molecule has 0 spiro atoms. The molecule has 0 bridgehead atoms. The summed E-state index contributed by atoms with van der Waals surface area (Å²) in [6.07, 6.45) is 0.243. The minimum absolute atomic E-state index is 0.0280. The number of hydrogen-bond donors (Lipinski definition) is 3. The molecular weight excluding hydrogens is 392 g/mol. The summed E-state index contributed by atoms with van der Waals surface area (Å²) in [4.78, 5) is 36.8. The number of amides is 4. The summed E-state index contributed by atoms with van der Waals surface area (Å²) in [7, 11) is -3.76. The molecule has 1 aromatic carbocycles. The number of thioether (sulfide) groups is 1. The lowest BCUT2D eigenvalue weighted by atomic mass is 10.1. The first-order valence-electron chi connectivity index (χ1n) is 8.15. The first kappa shape index (κ1) is 21.2. The highest BCUT2D eigenvalue weighted by atomic mass is 32.2. The van der Waals surface area contributed by atoms with Gasteiger partial charge in [-0.3, -0.25) is 14.5 Å². The molecule has 2 rings (SSSR count). The van der Waals surface area contributed by atoms with E-state index < -0.39 is 21.6 Å². The van der Waals surface area contributed by atoms with Crippen molar-refractivity contribution in [3.05, 3.63) is 24.3 Å². The summed E-state index contributed by atoms with van der Waals surface area (Å²) >= 11 is 1.46. The van der Waals surface area contributed by atoms with E-state index in [1.54, 1.807) is 13.8 Å². The summed E-state index contributed by atoms with van der Waals surface area (Å²) in [6, 6.07) is 5.17. The molecule has 9 nitrogen and oxygen atoms in total. The molecule has 0 unspecified atom stereocenters. The van der Waals surface area contributed by atoms with Crippen LogP contribution in [0.25, 0.3) is 0 Å². The number of benzene rings is 1. The summed E-state index contributed by atoms with van der Waals surface area (Å²) < 4.78 is 22.4. The molecule has 1 aliphatic heterocycles. The minimum atomic E-state index is -3.76. The van der Waals surface area contributed by atoms with E-state index in [0.717, 1.165) is 0 Å². The van der Waals surface area contributed by atoms with Gasteiger partial charge in [0, 0.05) is 30.2 Å². The maximum Gasteiger partial charge on any atom is 0.325 e. The van der Waals surface area contributed by atoms with E-state index in [0.29, 0.717) is 17.2 Å². The number of nitrogens with two attached hydrogens (primary N) is 1. The molecule has 0 aromatic heterocycles. The lowest BCUT2D eigenvalue weighted by molar-refractivity contribution is -0.130. The van der Waals surface area contributed by atoms with Crippen molar-refractivity contribution in [2.75, 3.05) is 23.4 Å². The molecule has 1 saturated heterocycles. The van der Waals surface area contributed by atoms with Crippen LogP contribution in [0.1, 0.15) is 20.3 Å². The fourth-order valence-electron chi connectivity index (χ4n) is 2.40. The molecule has 148 valence electrons. The number of urea groups is 1. The fourth-order valence-corrected chi connectivity index (χ4v) is 3.76. The van der Waals surface area contributed by atoms with Crippen molar-refractivity contribution >= 4 is 45.3 Å². The quantitative estimate of drug-likeness (QED) is 0.423. The number of hydrogen-bond acceptors (Lipinski definition) is 6. The van der Waals surface area contributed by atoms with E-state index in [9.17, 15) is 22.8 Å². The fraction of sp³-hybridized carbons (Fsp3) is 0.438. The highest BCUT2D eigenvalue weighted by Gasteiger charge is 2.43. The van der Waals surface area contributed by atoms with Crippen LogP contribution in [0.3, 0.4) is 0 Å². The van der Waals surface area contributed by atoms with Crippen LogP contribution in [0.4, 0.5) is 10.5 Å². The molecular formula is C16H22N4O5S2. The van der Waals surface area contributed by atoms with Crippen LogP contribution in [-0.2, 0) is 19.6 Å². The Balaban J connectivity index is 1.69. The van der Waals surface area contributed by atoms with Crippen molar-refractivity contribution in [1.82, 2.24) is 10.2 Å². The van der Waals surface area contributed by atoms with Gasteiger partial charge in [-0.15, -0.1) is 0 Å². The largest absolute Gasteiger partial charge is 0.326 e. The van der Waals surface area contributed by atoms with E-state index in [2.05, 4.69) is 10.6 Å². The minimum Gasteiger partial charge on any atom is -0.326 e. The Morgan fingerprint density at radius 3 is 2.37 bits per heavy atom. The van der Waals surface area contributed by atoms with Gasteiger partial charge in [-0.05, 0) is 38.1 Å².